The van der Waals surface area contributed by atoms with Crippen LogP contribution in [-0.4, -0.2) is 25.3 Å². The molecule has 3 heterocycles. The summed E-state index contributed by atoms with van der Waals surface area (Å²) >= 11 is 0. The van der Waals surface area contributed by atoms with Crippen molar-refractivity contribution >= 4 is 28.3 Å². The van der Waals surface area contributed by atoms with Gasteiger partial charge in [-0.25, -0.2) is 9.97 Å². The SMILES string of the molecule is O=C(CCc1nc2ccccc2c(=O)[nH]1)Nc1c(-c2ccccc2)nc2ccccn12. The predicted molar refractivity (Wildman–Crippen MR) is 120 cm³/mol. The first-order chi connectivity index (χ1) is 15.2. The van der Waals surface area contributed by atoms with E-state index in [1.165, 1.54) is 0 Å². The Kier molecular flexibility index (Phi) is 4.76. The van der Waals surface area contributed by atoms with Crippen LogP contribution in [0.5, 0.6) is 0 Å². The second kappa shape index (κ2) is 7.87. The number of aromatic nitrogens is 4. The number of carbonyl (C=O) groups is 1. The minimum atomic E-state index is -0.200. The topological polar surface area (TPSA) is 92.1 Å². The van der Waals surface area contributed by atoms with Crippen molar-refractivity contribution in [3.05, 3.63) is 95.2 Å². The van der Waals surface area contributed by atoms with Gasteiger partial charge in [0.1, 0.15) is 23.0 Å². The number of nitrogens with zero attached hydrogens (tertiary/aromatic N) is 3. The lowest BCUT2D eigenvalue weighted by Gasteiger charge is -2.08. The van der Waals surface area contributed by atoms with E-state index in [1.807, 2.05) is 65.2 Å². The van der Waals surface area contributed by atoms with E-state index in [0.29, 0.717) is 34.7 Å². The molecule has 0 fully saturated rings. The molecular formula is C24H19N5O2. The number of rotatable bonds is 5. The number of pyridine rings is 1. The van der Waals surface area contributed by atoms with E-state index < -0.39 is 0 Å². The monoisotopic (exact) mass is 409 g/mol. The maximum absolute atomic E-state index is 12.8. The number of benzene rings is 2. The number of anilines is 1. The van der Waals surface area contributed by atoms with Crippen molar-refractivity contribution < 1.29 is 4.79 Å². The lowest BCUT2D eigenvalue weighted by Crippen LogP contribution is -2.17. The first kappa shape index (κ1) is 18.7. The number of H-pyrrole nitrogens is 1. The third-order valence-corrected chi connectivity index (χ3v) is 5.09. The minimum Gasteiger partial charge on any atom is -0.310 e. The normalized spacial score (nSPS) is 11.1. The number of nitrogens with one attached hydrogen (secondary N) is 2. The predicted octanol–water partition coefficient (Wildman–Crippen LogP) is 3.81. The Morgan fingerprint density at radius 2 is 1.71 bits per heavy atom. The smallest absolute Gasteiger partial charge is 0.258 e. The maximum atomic E-state index is 12.8. The number of aryl methyl sites for hydroxylation is 1. The van der Waals surface area contributed by atoms with Gasteiger partial charge in [0.25, 0.3) is 5.56 Å². The van der Waals surface area contributed by atoms with Crippen LogP contribution in [0.2, 0.25) is 0 Å². The Morgan fingerprint density at radius 3 is 2.58 bits per heavy atom. The van der Waals surface area contributed by atoms with Gasteiger partial charge in [0, 0.05) is 24.6 Å². The first-order valence-electron chi connectivity index (χ1n) is 9.99. The minimum absolute atomic E-state index is 0.176. The van der Waals surface area contributed by atoms with Crippen LogP contribution in [0.15, 0.2) is 83.8 Å². The van der Waals surface area contributed by atoms with Crippen LogP contribution in [0.3, 0.4) is 0 Å². The van der Waals surface area contributed by atoms with Gasteiger partial charge in [-0.1, -0.05) is 48.5 Å². The summed E-state index contributed by atoms with van der Waals surface area (Å²) in [6.07, 6.45) is 2.37. The Balaban J connectivity index is 1.40. The van der Waals surface area contributed by atoms with Gasteiger partial charge < -0.3 is 10.3 Å². The Morgan fingerprint density at radius 1 is 0.935 bits per heavy atom. The summed E-state index contributed by atoms with van der Waals surface area (Å²) in [6.45, 7) is 0. The molecule has 2 N–H and O–H groups in total. The van der Waals surface area contributed by atoms with Crippen LogP contribution in [0.25, 0.3) is 27.8 Å². The summed E-state index contributed by atoms with van der Waals surface area (Å²) < 4.78 is 1.86. The molecule has 0 aliphatic heterocycles. The molecule has 1 amide bonds. The zero-order valence-corrected chi connectivity index (χ0v) is 16.6. The lowest BCUT2D eigenvalue weighted by molar-refractivity contribution is -0.116. The van der Waals surface area contributed by atoms with Crippen molar-refractivity contribution in [3.63, 3.8) is 0 Å². The number of fused-ring (bicyclic) bond motifs is 2. The average molecular weight is 409 g/mol. The summed E-state index contributed by atoms with van der Waals surface area (Å²) in [7, 11) is 0. The number of hydrogen-bond donors (Lipinski definition) is 2. The standard InChI is InChI=1S/C24H19N5O2/c30-21(14-13-19-25-18-11-5-4-10-17(18)24(31)26-19)28-23-22(16-8-2-1-3-9-16)27-20-12-6-7-15-29(20)23/h1-12,15H,13-14H2,(H,28,30)(H,25,26,31). The first-order valence-corrected chi connectivity index (χ1v) is 9.99. The molecule has 7 nitrogen and oxygen atoms in total. The number of hydrogen-bond acceptors (Lipinski definition) is 4. The molecule has 31 heavy (non-hydrogen) atoms. The molecule has 0 saturated carbocycles. The van der Waals surface area contributed by atoms with Crippen LogP contribution in [0, 0.1) is 0 Å². The van der Waals surface area contributed by atoms with Gasteiger partial charge in [-0.05, 0) is 24.3 Å². The van der Waals surface area contributed by atoms with E-state index in [1.54, 1.807) is 18.2 Å². The van der Waals surface area contributed by atoms with Gasteiger partial charge in [-0.2, -0.15) is 0 Å². The highest BCUT2D eigenvalue weighted by Crippen LogP contribution is 2.28. The molecule has 7 heteroatoms. The Labute approximate surface area is 177 Å². The highest BCUT2D eigenvalue weighted by molar-refractivity contribution is 5.94. The fourth-order valence-electron chi connectivity index (χ4n) is 3.59. The second-order valence-corrected chi connectivity index (χ2v) is 7.18. The molecule has 0 radical (unpaired) electrons. The summed E-state index contributed by atoms with van der Waals surface area (Å²) in [5.41, 5.74) is 2.79. The van der Waals surface area contributed by atoms with Gasteiger partial charge in [0.15, 0.2) is 0 Å². The molecule has 0 spiro atoms. The van der Waals surface area contributed by atoms with Crippen molar-refractivity contribution in [1.29, 1.82) is 0 Å². The number of amides is 1. The van der Waals surface area contributed by atoms with E-state index in [4.69, 9.17) is 0 Å². The van der Waals surface area contributed by atoms with Crippen molar-refractivity contribution in [2.24, 2.45) is 0 Å². The van der Waals surface area contributed by atoms with Crippen molar-refractivity contribution in [3.8, 4) is 11.3 Å². The van der Waals surface area contributed by atoms with E-state index in [2.05, 4.69) is 20.3 Å². The summed E-state index contributed by atoms with van der Waals surface area (Å²) in [5.74, 6) is 0.922. The zero-order valence-electron chi connectivity index (χ0n) is 16.6. The molecule has 152 valence electrons. The van der Waals surface area contributed by atoms with E-state index in [-0.39, 0.29) is 17.9 Å². The molecule has 5 aromatic rings. The quantitative estimate of drug-likeness (QED) is 0.462. The van der Waals surface area contributed by atoms with Gasteiger partial charge >= 0.3 is 0 Å². The van der Waals surface area contributed by atoms with Crippen LogP contribution < -0.4 is 10.9 Å². The van der Waals surface area contributed by atoms with E-state index >= 15 is 0 Å². The molecule has 0 saturated heterocycles. The Hall–Kier alpha value is -4.26. The van der Waals surface area contributed by atoms with Gasteiger partial charge in [-0.3, -0.25) is 14.0 Å². The molecule has 0 bridgehead atoms. The van der Waals surface area contributed by atoms with Crippen LogP contribution in [0.1, 0.15) is 12.2 Å². The molecule has 0 atom stereocenters. The van der Waals surface area contributed by atoms with E-state index in [9.17, 15) is 9.59 Å². The highest BCUT2D eigenvalue weighted by atomic mass is 16.1. The maximum Gasteiger partial charge on any atom is 0.258 e. The Bertz CT molecular complexity index is 1450. The molecule has 3 aromatic heterocycles. The number of para-hydroxylation sites is 1. The molecular weight excluding hydrogens is 390 g/mol. The molecule has 0 aliphatic rings. The summed E-state index contributed by atoms with van der Waals surface area (Å²) in [4.78, 5) is 37.0. The molecule has 5 rings (SSSR count). The van der Waals surface area contributed by atoms with Crippen molar-refractivity contribution in [2.45, 2.75) is 12.8 Å². The molecule has 2 aromatic carbocycles. The summed E-state index contributed by atoms with van der Waals surface area (Å²) in [5, 5.41) is 3.53. The largest absolute Gasteiger partial charge is 0.310 e. The number of carbonyl (C=O) groups excluding carboxylic acids is 1. The third-order valence-electron chi connectivity index (χ3n) is 5.09. The zero-order chi connectivity index (χ0) is 21.2. The third kappa shape index (κ3) is 3.69. The van der Waals surface area contributed by atoms with Crippen molar-refractivity contribution in [2.75, 3.05) is 5.32 Å². The molecule has 0 aliphatic carbocycles. The van der Waals surface area contributed by atoms with Crippen LogP contribution in [-0.2, 0) is 11.2 Å². The van der Waals surface area contributed by atoms with Crippen molar-refractivity contribution in [1.82, 2.24) is 19.4 Å². The van der Waals surface area contributed by atoms with Crippen LogP contribution >= 0.6 is 0 Å². The van der Waals surface area contributed by atoms with Gasteiger partial charge in [0.05, 0.1) is 10.9 Å². The summed E-state index contributed by atoms with van der Waals surface area (Å²) in [6, 6.07) is 22.6. The average Bonchev–Trinajstić information content (AvgIpc) is 3.17. The van der Waals surface area contributed by atoms with E-state index in [0.717, 1.165) is 11.2 Å². The fourth-order valence-corrected chi connectivity index (χ4v) is 3.59. The second-order valence-electron chi connectivity index (χ2n) is 7.18. The molecule has 0 unspecified atom stereocenters. The number of imidazole rings is 1. The fraction of sp³-hybridized carbons (Fsp3) is 0.0833. The van der Waals surface area contributed by atoms with Crippen LogP contribution in [0.4, 0.5) is 5.82 Å². The number of aromatic amines is 1. The lowest BCUT2D eigenvalue weighted by atomic mass is 10.1. The highest BCUT2D eigenvalue weighted by Gasteiger charge is 2.16. The van der Waals surface area contributed by atoms with Gasteiger partial charge in [-0.15, -0.1) is 0 Å². The van der Waals surface area contributed by atoms with Gasteiger partial charge in [0.2, 0.25) is 5.91 Å².